The molecule has 0 spiro atoms. The van der Waals surface area contributed by atoms with Crippen molar-refractivity contribution in [3.05, 3.63) is 449 Å². The molecular formula is C122H74N14O2. The smallest absolute Gasteiger partial charge is 0.238 e. The standard InChI is InChI=1S/2C61H37N7O/c1-5-18-38(19-6-1)54-56-55(47-27-13-15-30-50(47)67(56)43-24-11-4-12-25-43)63-60(62-54)42-33-35-52-49(37-42)48-36-41(44-28-17-29-46-45-26-14-16-31-53(45)69-57(44)46)32-34-51(48)68(52)61-65-58(39-20-7-2-8-21-39)64-59(66-61)40-22-9-3-10-23-40;1-4-18-38(19-5-1)58-64-59(39-20-6-2-7-21-39)66-61(65-58)68-50-31-13-10-26-45(50)49-37-42(34-35-52(49)68)60-62-54(56-55(63-60)48-28-11-14-32-51(48)67(56)43-24-8-3-9-25-43)41-23-16-22-40(36-41)44-29-17-30-47-46-27-12-15-33-53(46)69-57(44)47/h2*1-37H. The summed E-state index contributed by atoms with van der Waals surface area (Å²) in [7, 11) is 0. The number of fused-ring (bicyclic) bond motifs is 18. The van der Waals surface area contributed by atoms with E-state index in [1.807, 2.05) is 164 Å². The van der Waals surface area contributed by atoms with Crippen molar-refractivity contribution < 1.29 is 8.83 Å². The number of aromatic nitrogens is 14. The van der Waals surface area contributed by atoms with E-state index in [0.29, 0.717) is 46.8 Å². The van der Waals surface area contributed by atoms with Crippen LogP contribution in [0, 0.1) is 0 Å². The lowest BCUT2D eigenvalue weighted by atomic mass is 9.99. The topological polar surface area (TPSA) is 175 Å². The Morgan fingerprint density at radius 2 is 0.457 bits per heavy atom. The van der Waals surface area contributed by atoms with Crippen LogP contribution < -0.4 is 0 Å². The Morgan fingerprint density at radius 3 is 0.884 bits per heavy atom. The molecule has 16 heteroatoms. The normalized spacial score (nSPS) is 11.8. The molecule has 0 atom stereocenters. The minimum Gasteiger partial charge on any atom is -0.455 e. The van der Waals surface area contributed by atoms with Gasteiger partial charge < -0.3 is 18.0 Å². The maximum absolute atomic E-state index is 6.59. The van der Waals surface area contributed by atoms with Gasteiger partial charge in [0.05, 0.1) is 55.5 Å². The second kappa shape index (κ2) is 32.4. The molecule has 0 bridgehead atoms. The summed E-state index contributed by atoms with van der Waals surface area (Å²) in [5.41, 5.74) is 28.2. The molecule has 0 amide bonds. The van der Waals surface area contributed by atoms with Crippen LogP contribution in [-0.2, 0) is 0 Å². The molecule has 0 unspecified atom stereocenters. The van der Waals surface area contributed by atoms with Crippen LogP contribution in [0.15, 0.2) is 458 Å². The largest absolute Gasteiger partial charge is 0.455 e. The molecule has 10 heterocycles. The fourth-order valence-electron chi connectivity index (χ4n) is 20.1. The second-order valence-electron chi connectivity index (χ2n) is 34.5. The molecule has 0 aliphatic heterocycles. The zero-order valence-corrected chi connectivity index (χ0v) is 73.8. The predicted octanol–water partition coefficient (Wildman–Crippen LogP) is 30.2. The molecule has 0 radical (unpaired) electrons. The van der Waals surface area contributed by atoms with Crippen molar-refractivity contribution in [3.8, 4) is 136 Å². The van der Waals surface area contributed by atoms with Crippen LogP contribution in [0.4, 0.5) is 0 Å². The zero-order valence-electron chi connectivity index (χ0n) is 73.8. The molecule has 644 valence electrons. The first-order chi connectivity index (χ1) is 68.4. The Morgan fingerprint density at radius 1 is 0.167 bits per heavy atom. The number of rotatable bonds is 14. The highest BCUT2D eigenvalue weighted by molar-refractivity contribution is 6.18. The number of benzene rings is 18. The van der Waals surface area contributed by atoms with E-state index in [4.69, 9.17) is 58.7 Å². The van der Waals surface area contributed by atoms with E-state index in [-0.39, 0.29) is 0 Å². The first kappa shape index (κ1) is 78.8. The Balaban J connectivity index is 0.000000139. The number of hydrogen-bond acceptors (Lipinski definition) is 12. The maximum Gasteiger partial charge on any atom is 0.238 e. The molecular weight excluding hydrogens is 1690 g/mol. The molecule has 138 heavy (non-hydrogen) atoms. The molecule has 0 aliphatic carbocycles. The van der Waals surface area contributed by atoms with Gasteiger partial charge in [-0.05, 0) is 120 Å². The molecule has 0 saturated carbocycles. The zero-order chi connectivity index (χ0) is 90.8. The number of para-hydroxylation sites is 9. The quantitative estimate of drug-likeness (QED) is 0.101. The highest BCUT2D eigenvalue weighted by atomic mass is 16.3. The van der Waals surface area contributed by atoms with Crippen molar-refractivity contribution in [2.75, 3.05) is 0 Å². The van der Waals surface area contributed by atoms with Crippen LogP contribution in [0.25, 0.3) is 268 Å². The summed E-state index contributed by atoms with van der Waals surface area (Å²) in [5, 5.41) is 10.6. The first-order valence-electron chi connectivity index (χ1n) is 46.0. The molecule has 0 fully saturated rings. The van der Waals surface area contributed by atoms with E-state index in [2.05, 4.69) is 303 Å². The molecule has 28 rings (SSSR count). The van der Waals surface area contributed by atoms with Crippen molar-refractivity contribution in [2.45, 2.75) is 0 Å². The summed E-state index contributed by atoms with van der Waals surface area (Å²) in [6, 6.07) is 155. The Bertz CT molecular complexity index is 9600. The molecule has 16 nitrogen and oxygen atoms in total. The first-order valence-corrected chi connectivity index (χ1v) is 46.0. The van der Waals surface area contributed by atoms with Crippen LogP contribution >= 0.6 is 0 Å². The summed E-state index contributed by atoms with van der Waals surface area (Å²) >= 11 is 0. The lowest BCUT2D eigenvalue weighted by molar-refractivity contribution is 0.669. The Labute approximate surface area is 788 Å². The lowest BCUT2D eigenvalue weighted by Gasteiger charge is -2.13. The SMILES string of the molecule is c1ccc(-c2nc(-c3ccccc3)nc(-n3c4ccc(-c5nc(-c6ccccc6)c6c(n5)c5ccccc5n6-c5ccccc5)cc4c4cc(-c5cccc6c5oc5ccccc56)ccc43)n2)cc1.c1ccc(-c2nc(-c3ccccc3)nc(-n3c4ccccc4c4cc(-c5nc(-c6cccc(-c7cccc8c7oc7ccccc78)c6)c6c(n5)c5ccccc5n6-c5ccccc5)ccc43)n2)cc1. The molecule has 18 aromatic carbocycles. The fourth-order valence-corrected chi connectivity index (χ4v) is 20.1. The van der Waals surface area contributed by atoms with Gasteiger partial charge in [-0.1, -0.05) is 340 Å². The third kappa shape index (κ3) is 13.2. The van der Waals surface area contributed by atoms with Gasteiger partial charge in [-0.3, -0.25) is 9.13 Å². The number of nitrogens with zero attached hydrogens (tertiary/aromatic N) is 14. The van der Waals surface area contributed by atoms with E-state index < -0.39 is 0 Å². The number of hydrogen-bond donors (Lipinski definition) is 0. The van der Waals surface area contributed by atoms with E-state index in [9.17, 15) is 0 Å². The Kier molecular flexibility index (Phi) is 18.5. The summed E-state index contributed by atoms with van der Waals surface area (Å²) in [6.07, 6.45) is 0. The monoisotopic (exact) mass is 1770 g/mol. The van der Waals surface area contributed by atoms with Crippen LogP contribution in [0.5, 0.6) is 0 Å². The van der Waals surface area contributed by atoms with Gasteiger partial charge in [-0.15, -0.1) is 0 Å². The summed E-state index contributed by atoms with van der Waals surface area (Å²) < 4.78 is 22.0. The maximum atomic E-state index is 6.59. The van der Waals surface area contributed by atoms with E-state index in [1.54, 1.807) is 0 Å². The molecule has 10 aromatic heterocycles. The van der Waals surface area contributed by atoms with Crippen molar-refractivity contribution in [1.29, 1.82) is 0 Å². The van der Waals surface area contributed by atoms with Crippen LogP contribution in [0.3, 0.4) is 0 Å². The van der Waals surface area contributed by atoms with Gasteiger partial charge in [-0.25, -0.2) is 29.9 Å². The van der Waals surface area contributed by atoms with Gasteiger partial charge in [0.25, 0.3) is 0 Å². The third-order valence-electron chi connectivity index (χ3n) is 26.4. The molecule has 0 saturated heterocycles. The lowest BCUT2D eigenvalue weighted by Crippen LogP contribution is -2.06. The average molecular weight is 1770 g/mol. The number of furan rings is 2. The van der Waals surface area contributed by atoms with E-state index in [1.165, 1.54) is 0 Å². The highest BCUT2D eigenvalue weighted by Crippen LogP contribution is 2.47. The van der Waals surface area contributed by atoms with Crippen LogP contribution in [0.1, 0.15) is 0 Å². The summed E-state index contributed by atoms with van der Waals surface area (Å²) in [5.74, 6) is 4.67. The molecule has 0 aliphatic rings. The van der Waals surface area contributed by atoms with Crippen molar-refractivity contribution in [3.63, 3.8) is 0 Å². The minimum absolute atomic E-state index is 0.514. The van der Waals surface area contributed by atoms with Gasteiger partial charge >= 0.3 is 0 Å². The van der Waals surface area contributed by atoms with Gasteiger partial charge in [-0.2, -0.15) is 19.9 Å². The third-order valence-corrected chi connectivity index (χ3v) is 26.4. The van der Waals surface area contributed by atoms with Crippen molar-refractivity contribution >= 4 is 131 Å². The van der Waals surface area contributed by atoms with Gasteiger partial charge in [0.15, 0.2) is 34.9 Å². The van der Waals surface area contributed by atoms with Crippen molar-refractivity contribution in [2.24, 2.45) is 0 Å². The van der Waals surface area contributed by atoms with Crippen molar-refractivity contribution in [1.82, 2.24) is 68.1 Å². The Hall–Kier alpha value is -19.1. The van der Waals surface area contributed by atoms with Gasteiger partial charge in [0.1, 0.15) is 33.4 Å². The molecule has 28 aromatic rings. The summed E-state index contributed by atoms with van der Waals surface area (Å²) in [6.45, 7) is 0. The minimum atomic E-state index is 0.514. The second-order valence-corrected chi connectivity index (χ2v) is 34.5. The van der Waals surface area contributed by atoms with Gasteiger partial charge in [0.2, 0.25) is 11.9 Å². The van der Waals surface area contributed by atoms with Crippen LogP contribution in [-0.4, -0.2) is 68.1 Å². The summed E-state index contributed by atoms with van der Waals surface area (Å²) in [4.78, 5) is 52.9. The van der Waals surface area contributed by atoms with E-state index in [0.717, 1.165) is 221 Å². The predicted molar refractivity (Wildman–Crippen MR) is 557 cm³/mol. The average Bonchev–Trinajstić information content (AvgIpc) is 1.56. The van der Waals surface area contributed by atoms with Crippen LogP contribution in [0.2, 0.25) is 0 Å². The van der Waals surface area contributed by atoms with E-state index >= 15 is 0 Å². The fraction of sp³-hybridized carbons (Fsp3) is 0. The molecule has 0 N–H and O–H groups in total. The highest BCUT2D eigenvalue weighted by Gasteiger charge is 2.29. The van der Waals surface area contributed by atoms with Gasteiger partial charge in [0, 0.05) is 121 Å².